The van der Waals surface area contributed by atoms with Crippen molar-refractivity contribution in [1.29, 1.82) is 0 Å². The van der Waals surface area contributed by atoms with Crippen molar-refractivity contribution >= 4 is 45.1 Å². The summed E-state index contributed by atoms with van der Waals surface area (Å²) in [5, 5.41) is 16.3. The molecule has 0 atom stereocenters. The van der Waals surface area contributed by atoms with E-state index in [0.717, 1.165) is 33.5 Å². The van der Waals surface area contributed by atoms with E-state index in [0.29, 0.717) is 16.3 Å². The van der Waals surface area contributed by atoms with E-state index in [4.69, 9.17) is 21.1 Å². The Morgan fingerprint density at radius 1 is 1.07 bits per heavy atom. The SMILES string of the molecule is COc1ccc(N(CC(=O)N/N=C/c2cc(C)n(-c3ccc(Cl)cc3)c2C)S(=O)(=O)c2ccccc2[N+](=O)[O-])c(OC)c1. The first-order valence-electron chi connectivity index (χ1n) is 12.7. The van der Waals surface area contributed by atoms with E-state index in [9.17, 15) is 23.3 Å². The summed E-state index contributed by atoms with van der Waals surface area (Å²) >= 11 is 6.02. The lowest BCUT2D eigenvalue weighted by molar-refractivity contribution is -0.387. The van der Waals surface area contributed by atoms with Crippen molar-refractivity contribution in [1.82, 2.24) is 9.99 Å². The maximum absolute atomic E-state index is 13.9. The molecule has 0 aliphatic heterocycles. The third-order valence-electron chi connectivity index (χ3n) is 6.52. The van der Waals surface area contributed by atoms with E-state index >= 15 is 0 Å². The van der Waals surface area contributed by atoms with E-state index in [1.165, 1.54) is 50.8 Å². The van der Waals surface area contributed by atoms with Crippen molar-refractivity contribution in [3.63, 3.8) is 0 Å². The summed E-state index contributed by atoms with van der Waals surface area (Å²) in [6, 6.07) is 18.4. The lowest BCUT2D eigenvalue weighted by atomic mass is 10.2. The van der Waals surface area contributed by atoms with E-state index in [1.54, 1.807) is 12.1 Å². The number of aryl methyl sites for hydroxylation is 1. The summed E-state index contributed by atoms with van der Waals surface area (Å²) < 4.78 is 41.0. The number of aromatic nitrogens is 1. The molecule has 1 aromatic heterocycles. The van der Waals surface area contributed by atoms with Crippen LogP contribution in [0.4, 0.5) is 11.4 Å². The van der Waals surface area contributed by atoms with Gasteiger partial charge in [-0.1, -0.05) is 23.7 Å². The highest BCUT2D eigenvalue weighted by atomic mass is 35.5. The molecule has 14 heteroatoms. The number of para-hydroxylation sites is 1. The molecule has 0 radical (unpaired) electrons. The van der Waals surface area contributed by atoms with Gasteiger partial charge in [0.2, 0.25) is 0 Å². The van der Waals surface area contributed by atoms with Crippen LogP contribution in [0.15, 0.2) is 82.8 Å². The molecular weight excluding hydrogens is 598 g/mol. The lowest BCUT2D eigenvalue weighted by Crippen LogP contribution is -2.40. The van der Waals surface area contributed by atoms with Crippen LogP contribution in [-0.2, 0) is 14.8 Å². The van der Waals surface area contributed by atoms with Gasteiger partial charge in [0.15, 0.2) is 4.90 Å². The molecule has 12 nitrogen and oxygen atoms in total. The van der Waals surface area contributed by atoms with E-state index in [-0.39, 0.29) is 11.4 Å². The van der Waals surface area contributed by atoms with Gasteiger partial charge in [0.25, 0.3) is 21.6 Å². The molecule has 3 aromatic carbocycles. The average molecular weight is 626 g/mol. The number of anilines is 1. The number of nitrogens with zero attached hydrogens (tertiary/aromatic N) is 4. The van der Waals surface area contributed by atoms with Crippen LogP contribution in [0.25, 0.3) is 5.69 Å². The number of halogens is 1. The average Bonchev–Trinajstić information content (AvgIpc) is 3.28. The fourth-order valence-corrected chi connectivity index (χ4v) is 6.20. The molecule has 1 heterocycles. The number of ether oxygens (including phenoxy) is 2. The minimum absolute atomic E-state index is 0.0351. The zero-order chi connectivity index (χ0) is 31.3. The van der Waals surface area contributed by atoms with Crippen LogP contribution >= 0.6 is 11.6 Å². The van der Waals surface area contributed by atoms with Gasteiger partial charge >= 0.3 is 0 Å². The normalized spacial score (nSPS) is 11.4. The zero-order valence-corrected chi connectivity index (χ0v) is 25.2. The topological polar surface area (TPSA) is 145 Å². The summed E-state index contributed by atoms with van der Waals surface area (Å²) in [5.41, 5.74) is 5.05. The van der Waals surface area contributed by atoms with Crippen LogP contribution in [0.5, 0.6) is 11.5 Å². The van der Waals surface area contributed by atoms with Gasteiger partial charge in [-0.25, -0.2) is 13.8 Å². The number of hydrogen-bond acceptors (Lipinski definition) is 8. The molecule has 0 aliphatic rings. The fraction of sp³-hybridized carbons (Fsp3) is 0.172. The van der Waals surface area contributed by atoms with E-state index in [1.807, 2.05) is 36.6 Å². The summed E-state index contributed by atoms with van der Waals surface area (Å²) in [6.45, 7) is 3.05. The first kappa shape index (κ1) is 31.1. The number of benzene rings is 3. The molecule has 0 fully saturated rings. The molecule has 4 rings (SSSR count). The van der Waals surface area contributed by atoms with Crippen LogP contribution in [0, 0.1) is 24.0 Å². The van der Waals surface area contributed by atoms with Gasteiger partial charge in [0.05, 0.1) is 31.0 Å². The van der Waals surface area contributed by atoms with E-state index in [2.05, 4.69) is 10.5 Å². The number of nitrogens with one attached hydrogen (secondary N) is 1. The Kier molecular flexibility index (Phi) is 9.37. The molecular formula is C29H28ClN5O7S. The summed E-state index contributed by atoms with van der Waals surface area (Å²) in [4.78, 5) is 23.4. The van der Waals surface area contributed by atoms with Crippen LogP contribution in [0.1, 0.15) is 17.0 Å². The highest BCUT2D eigenvalue weighted by molar-refractivity contribution is 7.93. The molecule has 0 spiro atoms. The Morgan fingerprint density at radius 3 is 2.42 bits per heavy atom. The molecule has 1 N–H and O–H groups in total. The number of nitro benzene ring substituents is 1. The van der Waals surface area contributed by atoms with Gasteiger partial charge in [-0.2, -0.15) is 5.10 Å². The van der Waals surface area contributed by atoms with Gasteiger partial charge in [-0.15, -0.1) is 0 Å². The lowest BCUT2D eigenvalue weighted by Gasteiger charge is -2.25. The number of sulfonamides is 1. The fourth-order valence-electron chi connectivity index (χ4n) is 4.48. The van der Waals surface area contributed by atoms with E-state index < -0.39 is 38.0 Å². The minimum atomic E-state index is -4.65. The van der Waals surface area contributed by atoms with Crippen molar-refractivity contribution in [3.05, 3.63) is 105 Å². The quantitative estimate of drug-likeness (QED) is 0.140. The second-order valence-corrected chi connectivity index (χ2v) is 11.5. The van der Waals surface area contributed by atoms with Crippen LogP contribution in [-0.4, -0.2) is 50.8 Å². The maximum Gasteiger partial charge on any atom is 0.289 e. The van der Waals surface area contributed by atoms with Gasteiger partial charge in [-0.05, 0) is 62.4 Å². The number of methoxy groups -OCH3 is 2. The second kappa shape index (κ2) is 13.0. The van der Waals surface area contributed by atoms with Crippen LogP contribution in [0.3, 0.4) is 0 Å². The Bertz CT molecular complexity index is 1800. The Labute approximate surface area is 253 Å². The van der Waals surface area contributed by atoms with Gasteiger partial charge < -0.3 is 14.0 Å². The summed E-state index contributed by atoms with van der Waals surface area (Å²) in [7, 11) is -1.91. The Morgan fingerprint density at radius 2 is 1.77 bits per heavy atom. The molecule has 0 saturated heterocycles. The highest BCUT2D eigenvalue weighted by Gasteiger charge is 2.34. The van der Waals surface area contributed by atoms with Crippen molar-refractivity contribution in [2.24, 2.45) is 5.10 Å². The number of carbonyl (C=O) groups is 1. The molecule has 0 bridgehead atoms. The largest absolute Gasteiger partial charge is 0.497 e. The number of hydrazone groups is 1. The van der Waals surface area contributed by atoms with Crippen molar-refractivity contribution in [3.8, 4) is 17.2 Å². The predicted octanol–water partition coefficient (Wildman–Crippen LogP) is 5.02. The number of rotatable bonds is 11. The van der Waals surface area contributed by atoms with Gasteiger partial charge in [0.1, 0.15) is 18.0 Å². The number of nitro groups is 1. The van der Waals surface area contributed by atoms with Crippen LogP contribution in [0.2, 0.25) is 5.02 Å². The standard InChI is InChI=1S/C29H28ClN5O7S/c1-19-15-21(20(2)34(19)23-11-9-22(30)10-12-23)17-31-32-29(36)18-33(25-14-13-24(41-3)16-27(25)42-4)43(39,40)28-8-6-5-7-26(28)35(37)38/h5-17H,18H2,1-4H3,(H,32,36)/b31-17+. The minimum Gasteiger partial charge on any atom is -0.497 e. The Hall–Kier alpha value is -4.88. The Balaban J connectivity index is 1.65. The van der Waals surface area contributed by atoms with Crippen molar-refractivity contribution in [2.75, 3.05) is 25.1 Å². The van der Waals surface area contributed by atoms with Gasteiger partial charge in [0, 0.05) is 39.8 Å². The predicted molar refractivity (Wildman–Crippen MR) is 163 cm³/mol. The smallest absolute Gasteiger partial charge is 0.289 e. The molecule has 224 valence electrons. The monoisotopic (exact) mass is 625 g/mol. The van der Waals surface area contributed by atoms with Crippen molar-refractivity contribution in [2.45, 2.75) is 18.7 Å². The first-order chi connectivity index (χ1) is 20.5. The first-order valence-corrected chi connectivity index (χ1v) is 14.5. The molecule has 0 aliphatic carbocycles. The molecule has 0 saturated carbocycles. The van der Waals surface area contributed by atoms with Crippen molar-refractivity contribution < 1.29 is 27.6 Å². The summed E-state index contributed by atoms with van der Waals surface area (Å²) in [6.07, 6.45) is 1.45. The number of carbonyl (C=O) groups excluding carboxylic acids is 1. The number of amides is 1. The molecule has 4 aromatic rings. The van der Waals surface area contributed by atoms with Crippen LogP contribution < -0.4 is 19.2 Å². The third-order valence-corrected chi connectivity index (χ3v) is 8.58. The third kappa shape index (κ3) is 6.63. The highest BCUT2D eigenvalue weighted by Crippen LogP contribution is 2.37. The maximum atomic E-state index is 13.9. The second-order valence-electron chi connectivity index (χ2n) is 9.21. The zero-order valence-electron chi connectivity index (χ0n) is 23.6. The molecule has 0 unspecified atom stereocenters. The molecule has 1 amide bonds. The summed E-state index contributed by atoms with van der Waals surface area (Å²) in [5.74, 6) is -0.371. The number of hydrogen-bond donors (Lipinski definition) is 1. The van der Waals surface area contributed by atoms with Gasteiger partial charge in [-0.3, -0.25) is 19.2 Å². The molecule has 43 heavy (non-hydrogen) atoms.